The summed E-state index contributed by atoms with van der Waals surface area (Å²) in [6.45, 7) is 0. The molecule has 0 amide bonds. The van der Waals surface area contributed by atoms with Crippen LogP contribution < -0.4 is 5.32 Å². The summed E-state index contributed by atoms with van der Waals surface area (Å²) < 4.78 is 1.23. The second kappa shape index (κ2) is 4.76. The number of hydrogen-bond acceptors (Lipinski definition) is 3. The first-order chi connectivity index (χ1) is 9.79. The predicted octanol–water partition coefficient (Wildman–Crippen LogP) is 5.05. The Morgan fingerprint density at radius 3 is 3.10 bits per heavy atom. The number of thiazole rings is 1. The third-order valence-corrected chi connectivity index (χ3v) is 4.88. The number of anilines is 1. The Balaban J connectivity index is 1.64. The van der Waals surface area contributed by atoms with Crippen molar-refractivity contribution < 1.29 is 0 Å². The van der Waals surface area contributed by atoms with E-state index in [1.54, 1.807) is 11.3 Å². The number of aryl methyl sites for hydroxylation is 1. The lowest BCUT2D eigenvalue weighted by Gasteiger charge is -2.15. The van der Waals surface area contributed by atoms with Gasteiger partial charge in [0.05, 0.1) is 21.8 Å². The molecule has 20 heavy (non-hydrogen) atoms. The lowest BCUT2D eigenvalue weighted by Crippen LogP contribution is -2.06. The zero-order valence-corrected chi connectivity index (χ0v) is 12.3. The molecular formula is C16H13ClN2S. The van der Waals surface area contributed by atoms with Crippen molar-refractivity contribution in [3.05, 3.63) is 58.1 Å². The van der Waals surface area contributed by atoms with E-state index < -0.39 is 0 Å². The predicted molar refractivity (Wildman–Crippen MR) is 85.8 cm³/mol. The van der Waals surface area contributed by atoms with Gasteiger partial charge in [-0.15, -0.1) is 11.3 Å². The molecule has 2 aromatic carbocycles. The summed E-state index contributed by atoms with van der Waals surface area (Å²) in [5.41, 5.74) is 6.86. The molecule has 1 atom stereocenters. The summed E-state index contributed by atoms with van der Waals surface area (Å²) in [6, 6.07) is 13.0. The van der Waals surface area contributed by atoms with Crippen LogP contribution in [0.15, 0.2) is 41.9 Å². The minimum atomic E-state index is 0.382. The topological polar surface area (TPSA) is 24.9 Å². The summed E-state index contributed by atoms with van der Waals surface area (Å²) in [6.07, 6.45) is 2.22. The first kappa shape index (κ1) is 12.2. The SMILES string of the molecule is Clc1ccc2c(c1)CCC2Nc1ccc2ncsc2c1. The van der Waals surface area contributed by atoms with E-state index in [0.29, 0.717) is 6.04 Å². The highest BCUT2D eigenvalue weighted by molar-refractivity contribution is 7.16. The smallest absolute Gasteiger partial charge is 0.0813 e. The van der Waals surface area contributed by atoms with Crippen LogP contribution in [0.5, 0.6) is 0 Å². The Hall–Kier alpha value is -1.58. The summed E-state index contributed by atoms with van der Waals surface area (Å²) in [4.78, 5) is 4.31. The molecule has 0 bridgehead atoms. The van der Waals surface area contributed by atoms with Crippen LogP contribution >= 0.6 is 22.9 Å². The number of nitrogens with one attached hydrogen (secondary N) is 1. The van der Waals surface area contributed by atoms with E-state index in [4.69, 9.17) is 11.6 Å². The lowest BCUT2D eigenvalue weighted by atomic mass is 10.1. The molecule has 1 N–H and O–H groups in total. The van der Waals surface area contributed by atoms with Gasteiger partial charge >= 0.3 is 0 Å². The fourth-order valence-corrected chi connectivity index (χ4v) is 3.79. The monoisotopic (exact) mass is 300 g/mol. The molecule has 0 radical (unpaired) electrons. The Morgan fingerprint density at radius 1 is 1.20 bits per heavy atom. The maximum Gasteiger partial charge on any atom is 0.0813 e. The number of aromatic nitrogens is 1. The van der Waals surface area contributed by atoms with Gasteiger partial charge in [0.1, 0.15) is 0 Å². The highest BCUT2D eigenvalue weighted by atomic mass is 35.5. The second-order valence-electron chi connectivity index (χ2n) is 5.11. The summed E-state index contributed by atoms with van der Waals surface area (Å²) >= 11 is 7.74. The molecular weight excluding hydrogens is 288 g/mol. The van der Waals surface area contributed by atoms with Crippen LogP contribution in [-0.4, -0.2) is 4.98 Å². The summed E-state index contributed by atoms with van der Waals surface area (Å²) in [7, 11) is 0. The average Bonchev–Trinajstić information content (AvgIpc) is 3.05. The van der Waals surface area contributed by atoms with Gasteiger partial charge in [0.25, 0.3) is 0 Å². The van der Waals surface area contributed by atoms with Crippen LogP contribution in [0.4, 0.5) is 5.69 Å². The van der Waals surface area contributed by atoms with Crippen molar-refractivity contribution in [3.63, 3.8) is 0 Å². The highest BCUT2D eigenvalue weighted by Crippen LogP contribution is 2.35. The minimum absolute atomic E-state index is 0.382. The van der Waals surface area contributed by atoms with Crippen LogP contribution in [0.3, 0.4) is 0 Å². The van der Waals surface area contributed by atoms with Crippen molar-refractivity contribution in [2.75, 3.05) is 5.32 Å². The minimum Gasteiger partial charge on any atom is -0.378 e. The molecule has 0 spiro atoms. The average molecular weight is 301 g/mol. The zero-order chi connectivity index (χ0) is 13.5. The van der Waals surface area contributed by atoms with Crippen molar-refractivity contribution in [3.8, 4) is 0 Å². The van der Waals surface area contributed by atoms with Gasteiger partial charge in [-0.25, -0.2) is 4.98 Å². The molecule has 1 aromatic heterocycles. The zero-order valence-electron chi connectivity index (χ0n) is 10.8. The number of halogens is 1. The molecule has 4 heteroatoms. The van der Waals surface area contributed by atoms with E-state index in [1.807, 2.05) is 11.6 Å². The molecule has 0 saturated carbocycles. The molecule has 2 nitrogen and oxygen atoms in total. The van der Waals surface area contributed by atoms with E-state index in [1.165, 1.54) is 15.8 Å². The molecule has 1 heterocycles. The number of rotatable bonds is 2. The maximum atomic E-state index is 6.06. The van der Waals surface area contributed by atoms with Crippen LogP contribution in [0.1, 0.15) is 23.6 Å². The molecule has 0 saturated heterocycles. The van der Waals surface area contributed by atoms with Gasteiger partial charge in [0.2, 0.25) is 0 Å². The Bertz CT molecular complexity index is 781. The largest absolute Gasteiger partial charge is 0.378 e. The molecule has 0 aliphatic heterocycles. The number of nitrogens with zero attached hydrogens (tertiary/aromatic N) is 1. The first-order valence-electron chi connectivity index (χ1n) is 6.68. The van der Waals surface area contributed by atoms with E-state index in [2.05, 4.69) is 40.6 Å². The van der Waals surface area contributed by atoms with E-state index in [9.17, 15) is 0 Å². The third-order valence-electron chi connectivity index (χ3n) is 3.85. The van der Waals surface area contributed by atoms with Gasteiger partial charge in [0.15, 0.2) is 0 Å². The molecule has 0 fully saturated rings. The van der Waals surface area contributed by atoms with Gasteiger partial charge < -0.3 is 5.32 Å². The second-order valence-corrected chi connectivity index (χ2v) is 6.44. The van der Waals surface area contributed by atoms with Gasteiger partial charge in [0, 0.05) is 10.7 Å². The summed E-state index contributed by atoms with van der Waals surface area (Å²) in [5, 5.41) is 4.46. The van der Waals surface area contributed by atoms with E-state index in [-0.39, 0.29) is 0 Å². The van der Waals surface area contributed by atoms with Crippen LogP contribution in [0, 0.1) is 0 Å². The van der Waals surface area contributed by atoms with Crippen molar-refractivity contribution in [2.24, 2.45) is 0 Å². The van der Waals surface area contributed by atoms with Gasteiger partial charge in [-0.3, -0.25) is 0 Å². The molecule has 4 rings (SSSR count). The van der Waals surface area contributed by atoms with Gasteiger partial charge in [-0.05, 0) is 54.3 Å². The molecule has 1 unspecified atom stereocenters. The van der Waals surface area contributed by atoms with Crippen molar-refractivity contribution in [1.29, 1.82) is 0 Å². The maximum absolute atomic E-state index is 6.06. The van der Waals surface area contributed by atoms with Gasteiger partial charge in [-0.2, -0.15) is 0 Å². The molecule has 1 aliphatic carbocycles. The third kappa shape index (κ3) is 2.07. The van der Waals surface area contributed by atoms with Crippen molar-refractivity contribution in [1.82, 2.24) is 4.98 Å². The first-order valence-corrected chi connectivity index (χ1v) is 7.93. The Morgan fingerprint density at radius 2 is 2.15 bits per heavy atom. The fraction of sp³-hybridized carbons (Fsp3) is 0.188. The van der Waals surface area contributed by atoms with Crippen molar-refractivity contribution in [2.45, 2.75) is 18.9 Å². The van der Waals surface area contributed by atoms with Crippen LogP contribution in [0.25, 0.3) is 10.2 Å². The summed E-state index contributed by atoms with van der Waals surface area (Å²) in [5.74, 6) is 0. The number of hydrogen-bond donors (Lipinski definition) is 1. The molecule has 3 aromatic rings. The lowest BCUT2D eigenvalue weighted by molar-refractivity contribution is 0.762. The molecule has 1 aliphatic rings. The van der Waals surface area contributed by atoms with Gasteiger partial charge in [-0.1, -0.05) is 17.7 Å². The fourth-order valence-electron chi connectivity index (χ4n) is 2.88. The highest BCUT2D eigenvalue weighted by Gasteiger charge is 2.22. The number of benzene rings is 2. The Labute approximate surface area is 126 Å². The Kier molecular flexibility index (Phi) is 2.90. The van der Waals surface area contributed by atoms with Crippen LogP contribution in [-0.2, 0) is 6.42 Å². The quantitative estimate of drug-likeness (QED) is 0.716. The normalized spacial score (nSPS) is 17.4. The molecule has 100 valence electrons. The van der Waals surface area contributed by atoms with E-state index in [0.717, 1.165) is 29.1 Å². The standard InChI is InChI=1S/C16H13ClN2S/c17-11-2-4-13-10(7-11)1-5-14(13)19-12-3-6-15-16(8-12)20-9-18-15/h2-4,6-9,14,19H,1,5H2. The van der Waals surface area contributed by atoms with Crippen molar-refractivity contribution >= 4 is 38.8 Å². The van der Waals surface area contributed by atoms with E-state index >= 15 is 0 Å². The number of fused-ring (bicyclic) bond motifs is 2. The van der Waals surface area contributed by atoms with Crippen LogP contribution in [0.2, 0.25) is 5.02 Å².